The second kappa shape index (κ2) is 3.64. The van der Waals surface area contributed by atoms with Crippen LogP contribution < -0.4 is 0 Å². The lowest BCUT2D eigenvalue weighted by Gasteiger charge is -2.52. The van der Waals surface area contributed by atoms with Gasteiger partial charge in [-0.2, -0.15) is 0 Å². The van der Waals surface area contributed by atoms with Gasteiger partial charge in [-0.3, -0.25) is 0 Å². The second-order valence-electron chi connectivity index (χ2n) is 4.70. The van der Waals surface area contributed by atoms with Crippen LogP contribution in [0.15, 0.2) is 0 Å². The molecule has 0 spiro atoms. The number of urea groups is 1. The predicted molar refractivity (Wildman–Crippen MR) is 57.0 cm³/mol. The third-order valence-corrected chi connectivity index (χ3v) is 3.48. The van der Waals surface area contributed by atoms with Crippen molar-refractivity contribution < 1.29 is 9.44 Å². The summed E-state index contributed by atoms with van der Waals surface area (Å²) in [6, 6.07) is 0.282. The summed E-state index contributed by atoms with van der Waals surface area (Å²) in [4.78, 5) is 15.7. The highest BCUT2D eigenvalue weighted by molar-refractivity contribution is 5.75. The Labute approximate surface area is 90.4 Å². The molecule has 2 amide bonds. The first kappa shape index (κ1) is 10.7. The Kier molecular flexibility index (Phi) is 2.60. The summed E-state index contributed by atoms with van der Waals surface area (Å²) < 4.78 is -0.194. The van der Waals surface area contributed by atoms with Crippen LogP contribution in [-0.4, -0.2) is 66.3 Å². The minimum absolute atomic E-state index is 0.119. The molecule has 2 saturated heterocycles. The molecule has 0 aromatic carbocycles. The highest BCUT2D eigenvalue weighted by Crippen LogP contribution is 2.22. The summed E-state index contributed by atoms with van der Waals surface area (Å²) in [6.45, 7) is 5.26. The van der Waals surface area contributed by atoms with Crippen LogP contribution in [0.4, 0.5) is 4.79 Å². The van der Waals surface area contributed by atoms with Crippen molar-refractivity contribution in [3.63, 3.8) is 0 Å². The lowest BCUT2D eigenvalue weighted by atomic mass is 10.1. The van der Waals surface area contributed by atoms with Crippen molar-refractivity contribution in [3.8, 4) is 0 Å². The smallest absolute Gasteiger partial charge is 0.320 e. The highest BCUT2D eigenvalue weighted by Gasteiger charge is 2.39. The maximum Gasteiger partial charge on any atom is 0.320 e. The standard InChI is InChI=1S/C10H19N3O2/c1-3-11-5-4-9-8-13(2,15)7-6-12(9)10(11)14/h9H,3-8H2,1-2H3. The van der Waals surface area contributed by atoms with E-state index in [1.807, 2.05) is 16.7 Å². The van der Waals surface area contributed by atoms with Crippen LogP contribution in [0.2, 0.25) is 0 Å². The maximum absolute atomic E-state index is 11.9. The predicted octanol–water partition coefficient (Wildman–Crippen LogP) is 0.461. The van der Waals surface area contributed by atoms with E-state index in [1.165, 1.54) is 0 Å². The van der Waals surface area contributed by atoms with Crippen molar-refractivity contribution in [2.45, 2.75) is 19.4 Å². The van der Waals surface area contributed by atoms with E-state index in [1.54, 1.807) is 7.05 Å². The van der Waals surface area contributed by atoms with Gasteiger partial charge in [-0.1, -0.05) is 0 Å². The van der Waals surface area contributed by atoms with Crippen LogP contribution in [0.3, 0.4) is 0 Å². The molecule has 2 unspecified atom stereocenters. The molecular weight excluding hydrogens is 194 g/mol. The van der Waals surface area contributed by atoms with Crippen LogP contribution in [-0.2, 0) is 0 Å². The minimum atomic E-state index is -0.194. The normalized spacial score (nSPS) is 36.7. The average Bonchev–Trinajstić information content (AvgIpc) is 2.16. The number of amides is 2. The molecule has 86 valence electrons. The zero-order chi connectivity index (χ0) is 11.1. The van der Waals surface area contributed by atoms with E-state index in [-0.39, 0.29) is 16.7 Å². The summed E-state index contributed by atoms with van der Waals surface area (Å²) in [5.74, 6) is 0. The average molecular weight is 213 g/mol. The molecule has 2 atom stereocenters. The van der Waals surface area contributed by atoms with Crippen molar-refractivity contribution in [3.05, 3.63) is 5.21 Å². The Morgan fingerprint density at radius 3 is 2.93 bits per heavy atom. The fourth-order valence-corrected chi connectivity index (χ4v) is 2.51. The molecule has 2 aliphatic rings. The van der Waals surface area contributed by atoms with Gasteiger partial charge in [0.05, 0.1) is 32.7 Å². The van der Waals surface area contributed by atoms with Gasteiger partial charge in [0, 0.05) is 13.1 Å². The van der Waals surface area contributed by atoms with Crippen molar-refractivity contribution in [2.24, 2.45) is 0 Å². The van der Waals surface area contributed by atoms with Crippen molar-refractivity contribution >= 4 is 6.03 Å². The third kappa shape index (κ3) is 1.94. The first-order valence-electron chi connectivity index (χ1n) is 5.64. The Hall–Kier alpha value is -0.810. The lowest BCUT2D eigenvalue weighted by molar-refractivity contribution is -0.868. The third-order valence-electron chi connectivity index (χ3n) is 3.48. The van der Waals surface area contributed by atoms with Gasteiger partial charge in [-0.15, -0.1) is 0 Å². The van der Waals surface area contributed by atoms with Crippen molar-refractivity contribution in [1.82, 2.24) is 9.80 Å². The number of carbonyl (C=O) groups excluding carboxylic acids is 1. The molecule has 0 aromatic heterocycles. The number of hydrogen-bond acceptors (Lipinski definition) is 2. The van der Waals surface area contributed by atoms with E-state index >= 15 is 0 Å². The molecule has 0 N–H and O–H groups in total. The molecule has 2 aliphatic heterocycles. The van der Waals surface area contributed by atoms with Crippen molar-refractivity contribution in [2.75, 3.05) is 39.8 Å². The van der Waals surface area contributed by atoms with Crippen LogP contribution in [0.5, 0.6) is 0 Å². The Balaban J connectivity index is 2.07. The number of carbonyl (C=O) groups is 1. The summed E-state index contributed by atoms with van der Waals surface area (Å²) >= 11 is 0. The molecule has 5 nitrogen and oxygen atoms in total. The maximum atomic E-state index is 11.9. The van der Waals surface area contributed by atoms with Gasteiger partial charge >= 0.3 is 6.03 Å². The lowest BCUT2D eigenvalue weighted by Crippen LogP contribution is -2.65. The molecule has 2 fully saturated rings. The van der Waals surface area contributed by atoms with Gasteiger partial charge in [0.1, 0.15) is 0 Å². The summed E-state index contributed by atoms with van der Waals surface area (Å²) in [5.41, 5.74) is 0. The van der Waals surface area contributed by atoms with Crippen LogP contribution >= 0.6 is 0 Å². The Bertz CT molecular complexity index is 267. The number of piperazine rings is 1. The second-order valence-corrected chi connectivity index (χ2v) is 4.70. The molecular formula is C10H19N3O2. The highest BCUT2D eigenvalue weighted by atomic mass is 16.5. The zero-order valence-electron chi connectivity index (χ0n) is 9.48. The van der Waals surface area contributed by atoms with Crippen molar-refractivity contribution in [1.29, 1.82) is 0 Å². The summed E-state index contributed by atoms with van der Waals surface area (Å²) in [5, 5.41) is 11.8. The van der Waals surface area contributed by atoms with E-state index in [0.29, 0.717) is 19.6 Å². The first-order valence-corrected chi connectivity index (χ1v) is 5.64. The Morgan fingerprint density at radius 2 is 2.27 bits per heavy atom. The van der Waals surface area contributed by atoms with E-state index in [4.69, 9.17) is 0 Å². The Morgan fingerprint density at radius 1 is 1.53 bits per heavy atom. The molecule has 2 rings (SSSR count). The summed E-state index contributed by atoms with van der Waals surface area (Å²) in [7, 11) is 1.70. The molecule has 0 bridgehead atoms. The number of quaternary nitrogens is 1. The van der Waals surface area contributed by atoms with Crippen LogP contribution in [0.25, 0.3) is 0 Å². The fraction of sp³-hybridized carbons (Fsp3) is 0.900. The van der Waals surface area contributed by atoms with Gasteiger partial charge in [0.2, 0.25) is 0 Å². The molecule has 5 heteroatoms. The largest absolute Gasteiger partial charge is 0.633 e. The fourth-order valence-electron chi connectivity index (χ4n) is 2.51. The monoisotopic (exact) mass is 213 g/mol. The minimum Gasteiger partial charge on any atom is -0.633 e. The van der Waals surface area contributed by atoms with Gasteiger partial charge in [0.15, 0.2) is 0 Å². The quantitative estimate of drug-likeness (QED) is 0.469. The molecule has 15 heavy (non-hydrogen) atoms. The van der Waals surface area contributed by atoms with E-state index in [9.17, 15) is 10.0 Å². The number of fused-ring (bicyclic) bond motifs is 1. The van der Waals surface area contributed by atoms with Gasteiger partial charge < -0.3 is 19.7 Å². The SMILES string of the molecule is CCN1CCC2C[N+](C)([O-])CCN2C1=O. The number of likely N-dealkylation sites (N-methyl/N-ethyl adjacent to an activating group) is 1. The number of nitrogens with zero attached hydrogens (tertiary/aromatic N) is 3. The van der Waals surface area contributed by atoms with E-state index in [2.05, 4.69) is 0 Å². The summed E-state index contributed by atoms with van der Waals surface area (Å²) in [6.07, 6.45) is 0.940. The number of hydroxylamine groups is 3. The molecule has 0 saturated carbocycles. The number of rotatable bonds is 1. The topological polar surface area (TPSA) is 46.6 Å². The molecule has 2 heterocycles. The van der Waals surface area contributed by atoms with E-state index in [0.717, 1.165) is 19.5 Å². The zero-order valence-corrected chi connectivity index (χ0v) is 9.48. The van der Waals surface area contributed by atoms with Gasteiger partial charge in [-0.05, 0) is 13.3 Å². The van der Waals surface area contributed by atoms with E-state index < -0.39 is 0 Å². The number of hydrogen-bond donors (Lipinski definition) is 0. The molecule has 0 radical (unpaired) electrons. The van der Waals surface area contributed by atoms with Crippen LogP contribution in [0.1, 0.15) is 13.3 Å². The molecule has 0 aromatic rings. The van der Waals surface area contributed by atoms with Gasteiger partial charge in [-0.25, -0.2) is 4.79 Å². The van der Waals surface area contributed by atoms with Crippen LogP contribution in [0, 0.1) is 5.21 Å². The molecule has 0 aliphatic carbocycles. The van der Waals surface area contributed by atoms with Gasteiger partial charge in [0.25, 0.3) is 0 Å². The first-order chi connectivity index (χ1) is 7.03.